The Bertz CT molecular complexity index is 1490. The summed E-state index contributed by atoms with van der Waals surface area (Å²) in [6.45, 7) is 4.77. The predicted molar refractivity (Wildman–Crippen MR) is 139 cm³/mol. The molecule has 3 aromatic heterocycles. The SMILES string of the molecule is CC(C)(CC(=O)CC1(CC(=O)c2cc(-c3ccc(F)cc3F)on2)CN(c2ncccn2)C1)c1ccccn1. The topological polar surface area (TPSA) is 102 Å². The fourth-order valence-electron chi connectivity index (χ4n) is 5.13. The Kier molecular flexibility index (Phi) is 7.03. The van der Waals surface area contributed by atoms with E-state index in [-0.39, 0.29) is 47.8 Å². The van der Waals surface area contributed by atoms with E-state index in [0.717, 1.165) is 17.8 Å². The standard InChI is InChI=1S/C29H27F2N5O3/c1-28(2,26-6-3-4-9-32-26)14-20(37)15-29(17-36(18-29)27-33-10-5-11-34-27)16-24(38)23-13-25(39-35-23)21-8-7-19(30)12-22(21)31/h3-13H,14-18H2,1-2H3. The Morgan fingerprint density at radius 2 is 1.72 bits per heavy atom. The van der Waals surface area contributed by atoms with Crippen LogP contribution in [0.4, 0.5) is 14.7 Å². The van der Waals surface area contributed by atoms with Gasteiger partial charge in [-0.1, -0.05) is 25.1 Å². The fraction of sp³-hybridized carbons (Fsp3) is 0.310. The van der Waals surface area contributed by atoms with Crippen molar-refractivity contribution in [3.8, 4) is 11.3 Å². The predicted octanol–water partition coefficient (Wildman–Crippen LogP) is 5.21. The summed E-state index contributed by atoms with van der Waals surface area (Å²) in [5, 5.41) is 3.84. The monoisotopic (exact) mass is 531 g/mol. The number of hydrogen-bond acceptors (Lipinski definition) is 8. The quantitative estimate of drug-likeness (QED) is 0.257. The van der Waals surface area contributed by atoms with Gasteiger partial charge in [0.1, 0.15) is 23.1 Å². The lowest BCUT2D eigenvalue weighted by Gasteiger charge is -2.50. The zero-order valence-corrected chi connectivity index (χ0v) is 21.6. The van der Waals surface area contributed by atoms with Crippen molar-refractivity contribution < 1.29 is 22.9 Å². The normalized spacial score (nSPS) is 14.6. The van der Waals surface area contributed by atoms with Crippen molar-refractivity contribution in [2.45, 2.75) is 38.5 Å². The van der Waals surface area contributed by atoms with Gasteiger partial charge in [-0.3, -0.25) is 14.6 Å². The fourth-order valence-corrected chi connectivity index (χ4v) is 5.13. The molecule has 1 fully saturated rings. The second kappa shape index (κ2) is 10.4. The zero-order valence-electron chi connectivity index (χ0n) is 21.6. The van der Waals surface area contributed by atoms with Crippen LogP contribution in [0, 0.1) is 17.0 Å². The number of carbonyl (C=O) groups is 2. The molecule has 4 aromatic rings. The van der Waals surface area contributed by atoms with Crippen LogP contribution in [0.1, 0.15) is 49.3 Å². The lowest BCUT2D eigenvalue weighted by Crippen LogP contribution is -2.58. The summed E-state index contributed by atoms with van der Waals surface area (Å²) in [7, 11) is 0. The van der Waals surface area contributed by atoms with Crippen molar-refractivity contribution in [2.75, 3.05) is 18.0 Å². The van der Waals surface area contributed by atoms with E-state index >= 15 is 0 Å². The third-order valence-electron chi connectivity index (χ3n) is 6.99. The van der Waals surface area contributed by atoms with E-state index in [1.807, 2.05) is 36.9 Å². The number of Topliss-reactive ketones (excluding diaryl/α,β-unsaturated/α-hetero) is 2. The van der Waals surface area contributed by atoms with Gasteiger partial charge in [-0.05, 0) is 30.3 Å². The molecule has 0 radical (unpaired) electrons. The van der Waals surface area contributed by atoms with Gasteiger partial charge in [-0.15, -0.1) is 0 Å². The number of halogens is 2. The van der Waals surface area contributed by atoms with Crippen molar-refractivity contribution in [1.29, 1.82) is 0 Å². The Morgan fingerprint density at radius 3 is 2.41 bits per heavy atom. The number of pyridine rings is 1. The molecular formula is C29H27F2N5O3. The average molecular weight is 532 g/mol. The molecule has 0 spiro atoms. The minimum absolute atomic E-state index is 0.000592. The van der Waals surface area contributed by atoms with Gasteiger partial charge >= 0.3 is 0 Å². The highest BCUT2D eigenvalue weighted by atomic mass is 19.1. The number of aromatic nitrogens is 4. The number of benzene rings is 1. The molecule has 1 aromatic carbocycles. The van der Waals surface area contributed by atoms with E-state index in [2.05, 4.69) is 20.1 Å². The van der Waals surface area contributed by atoms with Gasteiger partial charge in [-0.25, -0.2) is 18.7 Å². The third kappa shape index (κ3) is 5.74. The highest BCUT2D eigenvalue weighted by molar-refractivity contribution is 5.96. The molecule has 0 N–H and O–H groups in total. The first-order chi connectivity index (χ1) is 18.6. The van der Waals surface area contributed by atoms with Crippen LogP contribution in [0.15, 0.2) is 71.6 Å². The van der Waals surface area contributed by atoms with Gasteiger partial charge in [0.15, 0.2) is 11.5 Å². The number of rotatable bonds is 10. The molecule has 4 heterocycles. The Balaban J connectivity index is 1.33. The van der Waals surface area contributed by atoms with E-state index in [0.29, 0.717) is 19.0 Å². The molecule has 0 atom stereocenters. The van der Waals surface area contributed by atoms with Crippen LogP contribution in [0.3, 0.4) is 0 Å². The molecule has 10 heteroatoms. The van der Waals surface area contributed by atoms with E-state index in [1.165, 1.54) is 12.1 Å². The minimum atomic E-state index is -0.819. The Labute approximate surface area is 224 Å². The first kappa shape index (κ1) is 26.3. The number of hydrogen-bond donors (Lipinski definition) is 0. The van der Waals surface area contributed by atoms with Crippen molar-refractivity contribution in [3.05, 3.63) is 90.1 Å². The van der Waals surface area contributed by atoms with E-state index in [9.17, 15) is 18.4 Å². The molecule has 39 heavy (non-hydrogen) atoms. The van der Waals surface area contributed by atoms with Gasteiger partial charge in [0.2, 0.25) is 5.95 Å². The largest absolute Gasteiger partial charge is 0.355 e. The van der Waals surface area contributed by atoms with Crippen LogP contribution < -0.4 is 4.90 Å². The lowest BCUT2D eigenvalue weighted by molar-refractivity contribution is -0.122. The molecule has 8 nitrogen and oxygen atoms in total. The maximum absolute atomic E-state index is 14.2. The highest BCUT2D eigenvalue weighted by Gasteiger charge is 2.47. The highest BCUT2D eigenvalue weighted by Crippen LogP contribution is 2.42. The van der Waals surface area contributed by atoms with Gasteiger partial charge < -0.3 is 9.42 Å². The minimum Gasteiger partial charge on any atom is -0.355 e. The number of ketones is 2. The van der Waals surface area contributed by atoms with Crippen LogP contribution in [-0.4, -0.2) is 44.8 Å². The summed E-state index contributed by atoms with van der Waals surface area (Å²) < 4.78 is 32.7. The number of carbonyl (C=O) groups excluding carboxylic acids is 2. The van der Waals surface area contributed by atoms with Crippen LogP contribution >= 0.6 is 0 Å². The van der Waals surface area contributed by atoms with Gasteiger partial charge in [0.05, 0.1) is 5.56 Å². The van der Waals surface area contributed by atoms with Gasteiger partial charge in [0, 0.05) is 79.6 Å². The summed E-state index contributed by atoms with van der Waals surface area (Å²) in [5.74, 6) is -1.32. The van der Waals surface area contributed by atoms with Crippen LogP contribution in [0.25, 0.3) is 11.3 Å². The molecule has 1 aliphatic rings. The van der Waals surface area contributed by atoms with Crippen LogP contribution in [0.2, 0.25) is 0 Å². The molecule has 1 saturated heterocycles. The summed E-state index contributed by atoms with van der Waals surface area (Å²) in [5.41, 5.74) is -0.298. The summed E-state index contributed by atoms with van der Waals surface area (Å²) >= 11 is 0. The summed E-state index contributed by atoms with van der Waals surface area (Å²) in [6, 6.07) is 11.7. The Hall–Kier alpha value is -4.34. The number of nitrogens with zero attached hydrogens (tertiary/aromatic N) is 5. The maximum Gasteiger partial charge on any atom is 0.225 e. The molecule has 0 aliphatic carbocycles. The zero-order chi connectivity index (χ0) is 27.6. The second-order valence-electron chi connectivity index (χ2n) is 10.7. The van der Waals surface area contributed by atoms with E-state index < -0.39 is 22.5 Å². The molecule has 0 unspecified atom stereocenters. The summed E-state index contributed by atoms with van der Waals surface area (Å²) in [6.07, 6.45) is 5.45. The molecule has 0 bridgehead atoms. The molecule has 1 aliphatic heterocycles. The molecule has 0 saturated carbocycles. The van der Waals surface area contributed by atoms with Gasteiger partial charge in [0.25, 0.3) is 0 Å². The van der Waals surface area contributed by atoms with Crippen LogP contribution in [0.5, 0.6) is 0 Å². The average Bonchev–Trinajstić information content (AvgIpc) is 3.38. The van der Waals surface area contributed by atoms with Gasteiger partial charge in [-0.2, -0.15) is 0 Å². The molecule has 200 valence electrons. The van der Waals surface area contributed by atoms with Crippen LogP contribution in [-0.2, 0) is 10.2 Å². The maximum atomic E-state index is 14.2. The van der Waals surface area contributed by atoms with Crippen molar-refractivity contribution in [3.63, 3.8) is 0 Å². The van der Waals surface area contributed by atoms with Crippen molar-refractivity contribution in [2.24, 2.45) is 5.41 Å². The van der Waals surface area contributed by atoms with Crippen molar-refractivity contribution >= 4 is 17.5 Å². The van der Waals surface area contributed by atoms with E-state index in [4.69, 9.17) is 4.52 Å². The molecular weight excluding hydrogens is 504 g/mol. The summed E-state index contributed by atoms with van der Waals surface area (Å²) in [4.78, 5) is 41.6. The Morgan fingerprint density at radius 1 is 0.974 bits per heavy atom. The first-order valence-corrected chi connectivity index (χ1v) is 12.5. The second-order valence-corrected chi connectivity index (χ2v) is 10.7. The smallest absolute Gasteiger partial charge is 0.225 e. The van der Waals surface area contributed by atoms with E-state index in [1.54, 1.807) is 24.7 Å². The van der Waals surface area contributed by atoms with Crippen molar-refractivity contribution in [1.82, 2.24) is 20.1 Å². The number of anilines is 1. The lowest BCUT2D eigenvalue weighted by atomic mass is 9.70. The molecule has 5 rings (SSSR count). The third-order valence-corrected chi connectivity index (χ3v) is 6.99. The first-order valence-electron chi connectivity index (χ1n) is 12.5. The molecule has 0 amide bonds.